The van der Waals surface area contributed by atoms with Crippen LogP contribution in [0.4, 0.5) is 8.78 Å². The van der Waals surface area contributed by atoms with Crippen molar-refractivity contribution >= 4 is 0 Å². The van der Waals surface area contributed by atoms with Crippen molar-refractivity contribution in [1.82, 2.24) is 10.2 Å². The Balaban J connectivity index is 1.73. The highest BCUT2D eigenvalue weighted by Crippen LogP contribution is 2.36. The van der Waals surface area contributed by atoms with Crippen molar-refractivity contribution in [3.63, 3.8) is 0 Å². The number of nitrogens with zero attached hydrogens (tertiary/aromatic N) is 1. The first-order chi connectivity index (χ1) is 7.66. The smallest absolute Gasteiger partial charge is 0.248 e. The Morgan fingerprint density at radius 3 is 2.62 bits per heavy atom. The van der Waals surface area contributed by atoms with E-state index in [4.69, 9.17) is 0 Å². The van der Waals surface area contributed by atoms with E-state index in [-0.39, 0.29) is 12.8 Å². The number of hydrogen-bond donors (Lipinski definition) is 1. The van der Waals surface area contributed by atoms with Crippen LogP contribution in [0.3, 0.4) is 0 Å². The Hall–Kier alpha value is -0.220. The summed E-state index contributed by atoms with van der Waals surface area (Å²) in [7, 11) is 0. The summed E-state index contributed by atoms with van der Waals surface area (Å²) in [6.07, 6.45) is 2.80. The Bertz CT molecular complexity index is 203. The molecule has 0 aromatic heterocycles. The van der Waals surface area contributed by atoms with Gasteiger partial charge in [-0.1, -0.05) is 0 Å². The number of hydrogen-bond acceptors (Lipinski definition) is 2. The molecule has 1 saturated carbocycles. The maximum atomic E-state index is 13.0. The van der Waals surface area contributed by atoms with E-state index < -0.39 is 5.92 Å². The second-order valence-corrected chi connectivity index (χ2v) is 5.20. The topological polar surface area (TPSA) is 15.3 Å². The van der Waals surface area contributed by atoms with Gasteiger partial charge in [0.1, 0.15) is 0 Å². The van der Waals surface area contributed by atoms with Gasteiger partial charge in [-0.2, -0.15) is 0 Å². The van der Waals surface area contributed by atoms with Crippen molar-refractivity contribution in [1.29, 1.82) is 0 Å². The number of nitrogens with one attached hydrogen (secondary N) is 1. The summed E-state index contributed by atoms with van der Waals surface area (Å²) < 4.78 is 26.0. The summed E-state index contributed by atoms with van der Waals surface area (Å²) in [5, 5.41) is 3.37. The van der Waals surface area contributed by atoms with Crippen molar-refractivity contribution in [2.75, 3.05) is 32.7 Å². The van der Waals surface area contributed by atoms with Gasteiger partial charge < -0.3 is 10.2 Å². The number of halogens is 2. The van der Waals surface area contributed by atoms with Gasteiger partial charge in [0.2, 0.25) is 5.92 Å². The fourth-order valence-electron chi connectivity index (χ4n) is 2.73. The molecule has 4 heteroatoms. The van der Waals surface area contributed by atoms with Crippen LogP contribution < -0.4 is 5.32 Å². The monoisotopic (exact) mass is 232 g/mol. The van der Waals surface area contributed by atoms with Gasteiger partial charge in [0.05, 0.1) is 0 Å². The Kier molecular flexibility index (Phi) is 4.14. The van der Waals surface area contributed by atoms with Crippen LogP contribution in [-0.4, -0.2) is 43.5 Å². The lowest BCUT2D eigenvalue weighted by Crippen LogP contribution is -2.36. The molecule has 0 aromatic rings. The summed E-state index contributed by atoms with van der Waals surface area (Å²) in [5.41, 5.74) is 0. The third kappa shape index (κ3) is 3.67. The molecule has 0 aromatic carbocycles. The minimum Gasteiger partial charge on any atom is -0.315 e. The van der Waals surface area contributed by atoms with E-state index in [2.05, 4.69) is 10.2 Å². The molecule has 2 fully saturated rings. The van der Waals surface area contributed by atoms with Crippen LogP contribution in [0.25, 0.3) is 0 Å². The molecule has 1 aliphatic heterocycles. The van der Waals surface area contributed by atoms with Crippen molar-refractivity contribution in [2.24, 2.45) is 5.92 Å². The Labute approximate surface area is 96.4 Å². The highest BCUT2D eigenvalue weighted by molar-refractivity contribution is 4.80. The summed E-state index contributed by atoms with van der Waals surface area (Å²) in [4.78, 5) is 2.44. The summed E-state index contributed by atoms with van der Waals surface area (Å²) >= 11 is 0. The first-order valence-electron chi connectivity index (χ1n) is 6.47. The standard InChI is InChI=1S/C12H22F2N2/c13-12(14)4-2-11(3-5-12)10-16-8-1-6-15-7-9-16/h11,15H,1-10H2. The van der Waals surface area contributed by atoms with Crippen molar-refractivity contribution in [2.45, 2.75) is 38.0 Å². The second-order valence-electron chi connectivity index (χ2n) is 5.20. The predicted octanol–water partition coefficient (Wildman–Crippen LogP) is 2.11. The SMILES string of the molecule is FC1(F)CCC(CN2CCCNCC2)CC1. The zero-order valence-corrected chi connectivity index (χ0v) is 9.85. The maximum Gasteiger partial charge on any atom is 0.248 e. The van der Waals surface area contributed by atoms with Gasteiger partial charge in [-0.15, -0.1) is 0 Å². The van der Waals surface area contributed by atoms with Crippen LogP contribution in [0.1, 0.15) is 32.1 Å². The molecule has 0 radical (unpaired) electrons. The van der Waals surface area contributed by atoms with Crippen LogP contribution in [-0.2, 0) is 0 Å². The lowest BCUT2D eigenvalue weighted by Gasteiger charge is -2.32. The predicted molar refractivity (Wildman–Crippen MR) is 60.8 cm³/mol. The van der Waals surface area contributed by atoms with E-state index in [1.54, 1.807) is 0 Å². The molecule has 0 amide bonds. The van der Waals surface area contributed by atoms with Gasteiger partial charge in [-0.3, -0.25) is 0 Å². The molecule has 1 heterocycles. The molecule has 2 aliphatic rings. The van der Waals surface area contributed by atoms with E-state index in [9.17, 15) is 8.78 Å². The quantitative estimate of drug-likeness (QED) is 0.784. The highest BCUT2D eigenvalue weighted by Gasteiger charge is 2.35. The molecule has 2 rings (SSSR count). The van der Waals surface area contributed by atoms with Crippen molar-refractivity contribution < 1.29 is 8.78 Å². The molecule has 0 atom stereocenters. The van der Waals surface area contributed by atoms with Crippen LogP contribution in [0.5, 0.6) is 0 Å². The lowest BCUT2D eigenvalue weighted by atomic mass is 9.86. The normalized spacial score (nSPS) is 28.9. The lowest BCUT2D eigenvalue weighted by molar-refractivity contribution is -0.0487. The fraction of sp³-hybridized carbons (Fsp3) is 1.00. The van der Waals surface area contributed by atoms with Crippen LogP contribution in [0.2, 0.25) is 0 Å². The first-order valence-corrected chi connectivity index (χ1v) is 6.47. The van der Waals surface area contributed by atoms with Gasteiger partial charge in [-0.05, 0) is 38.3 Å². The largest absolute Gasteiger partial charge is 0.315 e. The van der Waals surface area contributed by atoms with Crippen LogP contribution in [0, 0.1) is 5.92 Å². The molecule has 1 N–H and O–H groups in total. The molecule has 1 saturated heterocycles. The van der Waals surface area contributed by atoms with E-state index in [0.717, 1.165) is 32.7 Å². The van der Waals surface area contributed by atoms with E-state index in [1.807, 2.05) is 0 Å². The van der Waals surface area contributed by atoms with Gasteiger partial charge in [0, 0.05) is 32.5 Å². The van der Waals surface area contributed by atoms with Gasteiger partial charge >= 0.3 is 0 Å². The van der Waals surface area contributed by atoms with Crippen molar-refractivity contribution in [3.8, 4) is 0 Å². The highest BCUT2D eigenvalue weighted by atomic mass is 19.3. The summed E-state index contributed by atoms with van der Waals surface area (Å²) in [5.74, 6) is -1.88. The maximum absolute atomic E-state index is 13.0. The first kappa shape index (κ1) is 12.2. The zero-order valence-electron chi connectivity index (χ0n) is 9.85. The number of rotatable bonds is 2. The van der Waals surface area contributed by atoms with E-state index >= 15 is 0 Å². The van der Waals surface area contributed by atoms with Crippen molar-refractivity contribution in [3.05, 3.63) is 0 Å². The van der Waals surface area contributed by atoms with Crippen LogP contribution >= 0.6 is 0 Å². The average Bonchev–Trinajstić information content (AvgIpc) is 2.50. The fourth-order valence-corrected chi connectivity index (χ4v) is 2.73. The third-order valence-corrected chi connectivity index (χ3v) is 3.79. The molecule has 1 aliphatic carbocycles. The molecular formula is C12H22F2N2. The molecule has 0 unspecified atom stereocenters. The van der Waals surface area contributed by atoms with E-state index in [1.165, 1.54) is 6.42 Å². The van der Waals surface area contributed by atoms with Gasteiger partial charge in [0.15, 0.2) is 0 Å². The number of alkyl halides is 2. The average molecular weight is 232 g/mol. The summed E-state index contributed by atoms with van der Waals surface area (Å²) in [6.45, 7) is 5.37. The Morgan fingerprint density at radius 2 is 1.88 bits per heavy atom. The third-order valence-electron chi connectivity index (χ3n) is 3.79. The summed E-state index contributed by atoms with van der Waals surface area (Å²) in [6, 6.07) is 0. The molecule has 2 nitrogen and oxygen atoms in total. The van der Waals surface area contributed by atoms with E-state index in [0.29, 0.717) is 18.8 Å². The second kappa shape index (κ2) is 5.41. The minimum atomic E-state index is -2.38. The van der Waals surface area contributed by atoms with Gasteiger partial charge in [-0.25, -0.2) is 8.78 Å². The molecule has 0 spiro atoms. The Morgan fingerprint density at radius 1 is 1.12 bits per heavy atom. The molecular weight excluding hydrogens is 210 g/mol. The van der Waals surface area contributed by atoms with Crippen LogP contribution in [0.15, 0.2) is 0 Å². The minimum absolute atomic E-state index is 0.101. The molecule has 16 heavy (non-hydrogen) atoms. The zero-order chi connectivity index (χ0) is 11.4. The molecule has 94 valence electrons. The molecule has 0 bridgehead atoms. The van der Waals surface area contributed by atoms with Gasteiger partial charge in [0.25, 0.3) is 0 Å².